The van der Waals surface area contributed by atoms with Gasteiger partial charge >= 0.3 is 0 Å². The topological polar surface area (TPSA) is 87.5 Å². The second-order valence-corrected chi connectivity index (χ2v) is 11.4. The largest absolute Gasteiger partial charge is 0.368 e. The second kappa shape index (κ2) is 9.55. The first kappa shape index (κ1) is 24.3. The lowest BCUT2D eigenvalue weighted by Gasteiger charge is -2.42. The number of hydrogen-bond acceptors (Lipinski definition) is 6. The van der Waals surface area contributed by atoms with Crippen LogP contribution in [0.2, 0.25) is 0 Å². The molecule has 1 N–H and O–H groups in total. The summed E-state index contributed by atoms with van der Waals surface area (Å²) in [4.78, 5) is 21.5. The zero-order valence-electron chi connectivity index (χ0n) is 19.8. The lowest BCUT2D eigenvalue weighted by molar-refractivity contribution is -0.136. The summed E-state index contributed by atoms with van der Waals surface area (Å²) in [7, 11) is -3.71. The number of hydrogen-bond donors (Lipinski definition) is 1. The fraction of sp³-hybridized carbons (Fsp3) is 0.280. The van der Waals surface area contributed by atoms with E-state index in [1.807, 2.05) is 24.0 Å². The minimum absolute atomic E-state index is 0. The first-order valence-corrected chi connectivity index (χ1v) is 13.9. The number of carbonyl (C=O) groups is 1. The molecule has 2 aromatic heterocycles. The number of nitrogens with one attached hydrogen (secondary N) is 1. The van der Waals surface area contributed by atoms with Crippen LogP contribution in [0.5, 0.6) is 0 Å². The number of benzene rings is 2. The number of aromatic nitrogens is 2. The maximum absolute atomic E-state index is 14.5. The van der Waals surface area contributed by atoms with Crippen molar-refractivity contribution in [3.8, 4) is 0 Å². The summed E-state index contributed by atoms with van der Waals surface area (Å²) in [6.45, 7) is 5.50. The summed E-state index contributed by atoms with van der Waals surface area (Å²) < 4.78 is 43.8. The standard InChI is InChI=1S/C25H26FN5O3S2.H2/c1-17-16-29(20-6-8-21(9-7-20)36(33,34)28-25-27-11-15-35-25)13-14-30(17)24(32)18(2)31-12-10-19-4-3-5-22(26)23(19)31;/h3-12,15,17-18H,13-14,16H2,1-2H3,(H,27,28);1H/t17-,18-;/m1./s1. The number of amides is 1. The van der Waals surface area contributed by atoms with Crippen molar-refractivity contribution in [2.75, 3.05) is 29.3 Å². The molecule has 0 aliphatic carbocycles. The van der Waals surface area contributed by atoms with Gasteiger partial charge in [-0.2, -0.15) is 0 Å². The molecule has 1 aliphatic rings. The molecule has 1 amide bonds. The zero-order chi connectivity index (χ0) is 25.4. The van der Waals surface area contributed by atoms with E-state index in [4.69, 9.17) is 0 Å². The van der Waals surface area contributed by atoms with Crippen molar-refractivity contribution < 1.29 is 19.0 Å². The summed E-state index contributed by atoms with van der Waals surface area (Å²) in [6, 6.07) is 12.8. The van der Waals surface area contributed by atoms with Gasteiger partial charge in [0.15, 0.2) is 5.13 Å². The molecule has 2 atom stereocenters. The van der Waals surface area contributed by atoms with Gasteiger partial charge in [-0.15, -0.1) is 11.3 Å². The molecule has 0 saturated carbocycles. The van der Waals surface area contributed by atoms with Gasteiger partial charge in [-0.25, -0.2) is 17.8 Å². The molecule has 8 nitrogen and oxygen atoms in total. The highest BCUT2D eigenvalue weighted by molar-refractivity contribution is 7.93. The van der Waals surface area contributed by atoms with E-state index in [1.165, 1.54) is 23.6 Å². The molecule has 1 saturated heterocycles. The molecule has 0 unspecified atom stereocenters. The number of fused-ring (bicyclic) bond motifs is 1. The Labute approximate surface area is 214 Å². The van der Waals surface area contributed by atoms with Crippen LogP contribution in [0.15, 0.2) is 71.2 Å². The van der Waals surface area contributed by atoms with E-state index in [1.54, 1.807) is 53.4 Å². The Bertz CT molecular complexity index is 1490. The number of nitrogens with zero attached hydrogens (tertiary/aromatic N) is 4. The van der Waals surface area contributed by atoms with E-state index >= 15 is 0 Å². The van der Waals surface area contributed by atoms with Gasteiger partial charge in [-0.05, 0) is 50.2 Å². The number of rotatable bonds is 6. The fourth-order valence-corrected chi connectivity index (χ4v) is 6.45. The molecule has 11 heteroatoms. The molecule has 0 bridgehead atoms. The Morgan fingerprint density at radius 1 is 1.19 bits per heavy atom. The van der Waals surface area contributed by atoms with E-state index in [0.29, 0.717) is 30.3 Å². The van der Waals surface area contributed by atoms with Crippen LogP contribution in [-0.2, 0) is 14.8 Å². The average Bonchev–Trinajstić information content (AvgIpc) is 3.53. The minimum Gasteiger partial charge on any atom is -0.368 e. The Morgan fingerprint density at radius 2 is 1.97 bits per heavy atom. The van der Waals surface area contributed by atoms with Crippen LogP contribution in [0.4, 0.5) is 15.2 Å². The van der Waals surface area contributed by atoms with Gasteiger partial charge in [0.25, 0.3) is 10.0 Å². The van der Waals surface area contributed by atoms with Gasteiger partial charge < -0.3 is 14.4 Å². The highest BCUT2D eigenvalue weighted by Gasteiger charge is 2.31. The maximum atomic E-state index is 14.5. The van der Waals surface area contributed by atoms with Crippen molar-refractivity contribution in [1.29, 1.82) is 0 Å². The molecule has 3 heterocycles. The molecule has 0 spiro atoms. The van der Waals surface area contributed by atoms with Crippen molar-refractivity contribution in [1.82, 2.24) is 14.5 Å². The SMILES string of the molecule is C[C@@H]1CN(c2ccc(S(=O)(=O)Nc3nccs3)cc2)CCN1C(=O)[C@@H](C)n1ccc2cccc(F)c21.[HH]. The predicted molar refractivity (Wildman–Crippen MR) is 141 cm³/mol. The molecule has 5 rings (SSSR count). The summed E-state index contributed by atoms with van der Waals surface area (Å²) in [6.07, 6.45) is 3.30. The number of anilines is 2. The predicted octanol–water partition coefficient (Wildman–Crippen LogP) is 4.58. The smallest absolute Gasteiger partial charge is 0.263 e. The summed E-state index contributed by atoms with van der Waals surface area (Å²) in [5.41, 5.74) is 1.32. The van der Waals surface area contributed by atoms with Gasteiger partial charge in [0.05, 0.1) is 10.4 Å². The highest BCUT2D eigenvalue weighted by atomic mass is 32.2. The number of carbonyl (C=O) groups excluding carboxylic acids is 1. The molecule has 36 heavy (non-hydrogen) atoms. The highest BCUT2D eigenvalue weighted by Crippen LogP contribution is 2.27. The van der Waals surface area contributed by atoms with Crippen LogP contribution in [0.1, 0.15) is 21.3 Å². The number of para-hydroxylation sites is 1. The van der Waals surface area contributed by atoms with E-state index in [-0.39, 0.29) is 24.1 Å². The fourth-order valence-electron chi connectivity index (χ4n) is 4.66. The number of thiazole rings is 1. The van der Waals surface area contributed by atoms with E-state index in [0.717, 1.165) is 11.1 Å². The third-order valence-electron chi connectivity index (χ3n) is 6.54. The first-order chi connectivity index (χ1) is 17.2. The Balaban J connectivity index is 0.00000320. The molecule has 190 valence electrons. The Morgan fingerprint density at radius 3 is 2.67 bits per heavy atom. The summed E-state index contributed by atoms with van der Waals surface area (Å²) in [5.74, 6) is -0.403. The quantitative estimate of drug-likeness (QED) is 0.395. The lowest BCUT2D eigenvalue weighted by atomic mass is 10.1. The molecule has 1 fully saturated rings. The molecule has 0 radical (unpaired) electrons. The van der Waals surface area contributed by atoms with Gasteiger partial charge in [-0.3, -0.25) is 9.52 Å². The summed E-state index contributed by atoms with van der Waals surface area (Å²) >= 11 is 1.21. The van der Waals surface area contributed by atoms with Crippen LogP contribution in [-0.4, -0.2) is 54.5 Å². The van der Waals surface area contributed by atoms with Crippen LogP contribution >= 0.6 is 11.3 Å². The van der Waals surface area contributed by atoms with Crippen molar-refractivity contribution in [2.45, 2.75) is 30.8 Å². The molecule has 4 aromatic rings. The third kappa shape index (κ3) is 4.56. The van der Waals surface area contributed by atoms with Crippen molar-refractivity contribution in [3.63, 3.8) is 0 Å². The second-order valence-electron chi connectivity index (χ2n) is 8.84. The van der Waals surface area contributed by atoms with Crippen molar-refractivity contribution in [3.05, 3.63) is 72.1 Å². The normalized spacial score (nSPS) is 17.4. The van der Waals surface area contributed by atoms with Crippen LogP contribution in [0.25, 0.3) is 10.9 Å². The molecule has 2 aromatic carbocycles. The minimum atomic E-state index is -3.71. The molecular weight excluding hydrogens is 501 g/mol. The van der Waals surface area contributed by atoms with Gasteiger partial charge in [-0.1, -0.05) is 12.1 Å². The third-order valence-corrected chi connectivity index (χ3v) is 8.71. The van der Waals surface area contributed by atoms with Gasteiger partial charge in [0, 0.05) is 56.0 Å². The zero-order valence-corrected chi connectivity index (χ0v) is 21.5. The lowest BCUT2D eigenvalue weighted by Crippen LogP contribution is -2.55. The first-order valence-electron chi connectivity index (χ1n) is 11.6. The van der Waals surface area contributed by atoms with Crippen LogP contribution < -0.4 is 9.62 Å². The number of piperazine rings is 1. The van der Waals surface area contributed by atoms with Crippen molar-refractivity contribution >= 4 is 49.0 Å². The van der Waals surface area contributed by atoms with Gasteiger partial charge in [0.2, 0.25) is 5.91 Å². The molecular formula is C25H28FN5O3S2. The maximum Gasteiger partial charge on any atom is 0.263 e. The Kier molecular flexibility index (Phi) is 6.44. The van der Waals surface area contributed by atoms with E-state index < -0.39 is 16.1 Å². The van der Waals surface area contributed by atoms with Crippen molar-refractivity contribution in [2.24, 2.45) is 0 Å². The van der Waals surface area contributed by atoms with Crippen LogP contribution in [0, 0.1) is 5.82 Å². The monoisotopic (exact) mass is 529 g/mol. The summed E-state index contributed by atoms with van der Waals surface area (Å²) in [5, 5.41) is 2.78. The number of sulfonamides is 1. The average molecular weight is 530 g/mol. The van der Waals surface area contributed by atoms with Gasteiger partial charge in [0.1, 0.15) is 11.9 Å². The van der Waals surface area contributed by atoms with Crippen LogP contribution in [0.3, 0.4) is 0 Å². The Hall–Kier alpha value is -3.44. The molecule has 1 aliphatic heterocycles. The number of halogens is 1. The van der Waals surface area contributed by atoms with E-state index in [9.17, 15) is 17.6 Å². The van der Waals surface area contributed by atoms with E-state index in [2.05, 4.69) is 14.6 Å².